The first kappa shape index (κ1) is 14.9. The molecule has 1 aromatic carbocycles. The van der Waals surface area contributed by atoms with E-state index in [-0.39, 0.29) is 11.3 Å². The summed E-state index contributed by atoms with van der Waals surface area (Å²) in [5.74, 6) is -1.26. The number of aliphatic carboxylic acids is 1. The van der Waals surface area contributed by atoms with Crippen LogP contribution in [0.25, 0.3) is 0 Å². The molecule has 0 aromatic heterocycles. The van der Waals surface area contributed by atoms with Gasteiger partial charge in [0.15, 0.2) is 0 Å². The van der Waals surface area contributed by atoms with E-state index >= 15 is 0 Å². The van der Waals surface area contributed by atoms with Crippen LogP contribution in [-0.4, -0.2) is 40.8 Å². The molecule has 0 amide bonds. The minimum Gasteiger partial charge on any atom is -0.480 e. The Bertz CT molecular complexity index is 479. The number of rotatable bonds is 5. The van der Waals surface area contributed by atoms with Gasteiger partial charge in [-0.1, -0.05) is 30.3 Å². The lowest BCUT2D eigenvalue weighted by Gasteiger charge is -2.22. The second-order valence-corrected chi connectivity index (χ2v) is 5.63. The molecule has 108 valence electrons. The van der Waals surface area contributed by atoms with Crippen LogP contribution < -0.4 is 5.32 Å². The lowest BCUT2D eigenvalue weighted by molar-refractivity contribution is -0.145. The van der Waals surface area contributed by atoms with E-state index < -0.39 is 17.9 Å². The first-order valence-corrected chi connectivity index (χ1v) is 7.50. The maximum Gasteiger partial charge on any atom is 0.321 e. The van der Waals surface area contributed by atoms with Crippen LogP contribution in [0.15, 0.2) is 30.3 Å². The van der Waals surface area contributed by atoms with Gasteiger partial charge in [0.05, 0.1) is 12.0 Å². The van der Waals surface area contributed by atoms with E-state index in [4.69, 9.17) is 9.84 Å². The number of esters is 1. The highest BCUT2D eigenvalue weighted by atomic mass is 32.2. The Balaban J connectivity index is 2.20. The summed E-state index contributed by atoms with van der Waals surface area (Å²) in [4.78, 5) is 23.2. The highest BCUT2D eigenvalue weighted by Crippen LogP contribution is 2.33. The second-order valence-electron chi connectivity index (χ2n) is 4.45. The molecule has 1 saturated heterocycles. The monoisotopic (exact) mass is 295 g/mol. The van der Waals surface area contributed by atoms with E-state index in [1.165, 1.54) is 11.8 Å². The van der Waals surface area contributed by atoms with Crippen LogP contribution in [-0.2, 0) is 14.3 Å². The molecule has 1 aromatic rings. The number of carboxylic acid groups (broad SMARTS) is 1. The van der Waals surface area contributed by atoms with Crippen LogP contribution in [0.4, 0.5) is 0 Å². The van der Waals surface area contributed by atoms with E-state index in [0.29, 0.717) is 12.4 Å². The highest BCUT2D eigenvalue weighted by Gasteiger charge is 2.39. The zero-order chi connectivity index (χ0) is 14.5. The van der Waals surface area contributed by atoms with Gasteiger partial charge >= 0.3 is 11.9 Å². The largest absolute Gasteiger partial charge is 0.480 e. The van der Waals surface area contributed by atoms with Gasteiger partial charge in [-0.05, 0) is 12.5 Å². The molecule has 0 unspecified atom stereocenters. The van der Waals surface area contributed by atoms with Crippen molar-refractivity contribution in [1.29, 1.82) is 0 Å². The van der Waals surface area contributed by atoms with Crippen molar-refractivity contribution in [3.8, 4) is 0 Å². The van der Waals surface area contributed by atoms with Gasteiger partial charge in [-0.3, -0.25) is 14.9 Å². The molecule has 5 nitrogen and oxygen atoms in total. The molecule has 20 heavy (non-hydrogen) atoms. The normalized spacial score (nSPS) is 23.2. The highest BCUT2D eigenvalue weighted by molar-refractivity contribution is 8.00. The van der Waals surface area contributed by atoms with Gasteiger partial charge in [0, 0.05) is 5.75 Å². The van der Waals surface area contributed by atoms with Crippen LogP contribution in [0.2, 0.25) is 0 Å². The van der Waals surface area contributed by atoms with Gasteiger partial charge in [-0.15, -0.1) is 11.8 Å². The Morgan fingerprint density at radius 3 is 2.70 bits per heavy atom. The minimum atomic E-state index is -0.893. The summed E-state index contributed by atoms with van der Waals surface area (Å²) < 4.78 is 5.13. The number of carboxylic acids is 1. The first-order valence-electron chi connectivity index (χ1n) is 6.45. The molecule has 0 spiro atoms. The van der Waals surface area contributed by atoms with Crippen molar-refractivity contribution in [2.45, 2.75) is 24.3 Å². The fraction of sp³-hybridized carbons (Fsp3) is 0.429. The number of benzene rings is 1. The number of carbonyl (C=O) groups is 2. The lowest BCUT2D eigenvalue weighted by atomic mass is 9.98. The molecule has 0 radical (unpaired) electrons. The molecular formula is C14H17NO4S. The molecule has 1 aliphatic heterocycles. The Hall–Kier alpha value is -1.53. The number of ether oxygens (including phenoxy) is 1. The van der Waals surface area contributed by atoms with Gasteiger partial charge < -0.3 is 9.84 Å². The van der Waals surface area contributed by atoms with Crippen molar-refractivity contribution < 1.29 is 19.4 Å². The van der Waals surface area contributed by atoms with E-state index in [2.05, 4.69) is 5.32 Å². The quantitative estimate of drug-likeness (QED) is 0.801. The summed E-state index contributed by atoms with van der Waals surface area (Å²) in [6, 6.07) is 8.69. The third-order valence-electron chi connectivity index (χ3n) is 3.11. The van der Waals surface area contributed by atoms with Gasteiger partial charge in [0.1, 0.15) is 12.0 Å². The van der Waals surface area contributed by atoms with Crippen LogP contribution in [0.5, 0.6) is 0 Å². The van der Waals surface area contributed by atoms with Crippen LogP contribution in [0, 0.1) is 0 Å². The lowest BCUT2D eigenvalue weighted by Crippen LogP contribution is -2.41. The summed E-state index contributed by atoms with van der Waals surface area (Å²) in [6.45, 7) is 2.07. The zero-order valence-corrected chi connectivity index (χ0v) is 11.9. The Morgan fingerprint density at radius 2 is 2.15 bits per heavy atom. The predicted molar refractivity (Wildman–Crippen MR) is 76.6 cm³/mol. The van der Waals surface area contributed by atoms with E-state index in [1.807, 2.05) is 30.3 Å². The summed E-state index contributed by atoms with van der Waals surface area (Å²) in [5.41, 5.74) is 0.835. The van der Waals surface area contributed by atoms with Crippen LogP contribution in [0.1, 0.15) is 18.4 Å². The maximum atomic E-state index is 12.2. The number of nitrogens with one attached hydrogen (secondary N) is 1. The van der Waals surface area contributed by atoms with Crippen molar-refractivity contribution in [2.75, 3.05) is 12.4 Å². The molecule has 3 atom stereocenters. The van der Waals surface area contributed by atoms with E-state index in [9.17, 15) is 9.59 Å². The molecule has 0 bridgehead atoms. The molecule has 0 saturated carbocycles. The van der Waals surface area contributed by atoms with Crippen molar-refractivity contribution in [3.63, 3.8) is 0 Å². The molecule has 2 rings (SSSR count). The van der Waals surface area contributed by atoms with Gasteiger partial charge in [0.2, 0.25) is 0 Å². The van der Waals surface area contributed by atoms with E-state index in [0.717, 1.165) is 5.56 Å². The molecular weight excluding hydrogens is 278 g/mol. The fourth-order valence-corrected chi connectivity index (χ4v) is 3.52. The number of hydrogen-bond donors (Lipinski definition) is 2. The SMILES string of the molecule is CCOC(=O)[C@@H](c1ccccc1)[C@H]1N[C@@H](C(=O)O)CS1. The topological polar surface area (TPSA) is 75.6 Å². The Labute approximate surface area is 121 Å². The smallest absolute Gasteiger partial charge is 0.321 e. The summed E-state index contributed by atoms with van der Waals surface area (Å²) in [7, 11) is 0. The molecule has 6 heteroatoms. The summed E-state index contributed by atoms with van der Waals surface area (Å²) in [6.07, 6.45) is 0. The second kappa shape index (κ2) is 6.76. The Kier molecular flexibility index (Phi) is 5.03. The molecule has 1 fully saturated rings. The minimum absolute atomic E-state index is 0.280. The van der Waals surface area contributed by atoms with Gasteiger partial charge in [0.25, 0.3) is 0 Å². The third kappa shape index (κ3) is 3.32. The average molecular weight is 295 g/mol. The fourth-order valence-electron chi connectivity index (χ4n) is 2.16. The standard InChI is InChI=1S/C14H17NO4S/c1-2-19-14(18)11(9-6-4-3-5-7-9)12-15-10(8-20-12)13(16)17/h3-7,10-12,15H,2,8H2,1H3,(H,16,17)/t10-,11+,12+/m1/s1. The van der Waals surface area contributed by atoms with Crippen LogP contribution in [0.3, 0.4) is 0 Å². The third-order valence-corrected chi connectivity index (χ3v) is 4.40. The van der Waals surface area contributed by atoms with Crippen LogP contribution >= 0.6 is 11.8 Å². The molecule has 1 heterocycles. The van der Waals surface area contributed by atoms with Gasteiger partial charge in [-0.25, -0.2) is 0 Å². The number of carbonyl (C=O) groups excluding carboxylic acids is 1. The van der Waals surface area contributed by atoms with Crippen molar-refractivity contribution in [2.24, 2.45) is 0 Å². The molecule has 2 N–H and O–H groups in total. The van der Waals surface area contributed by atoms with Crippen molar-refractivity contribution in [3.05, 3.63) is 35.9 Å². The maximum absolute atomic E-state index is 12.2. The summed E-state index contributed by atoms with van der Waals surface area (Å²) in [5, 5.41) is 11.7. The Morgan fingerprint density at radius 1 is 1.45 bits per heavy atom. The summed E-state index contributed by atoms with van der Waals surface area (Å²) >= 11 is 1.44. The zero-order valence-electron chi connectivity index (χ0n) is 11.1. The van der Waals surface area contributed by atoms with Crippen molar-refractivity contribution in [1.82, 2.24) is 5.32 Å². The first-order chi connectivity index (χ1) is 9.63. The molecule has 1 aliphatic rings. The van der Waals surface area contributed by atoms with E-state index in [1.54, 1.807) is 6.92 Å². The van der Waals surface area contributed by atoms with Crippen molar-refractivity contribution >= 4 is 23.7 Å². The average Bonchev–Trinajstić information content (AvgIpc) is 2.90. The van der Waals surface area contributed by atoms with Gasteiger partial charge in [-0.2, -0.15) is 0 Å². The number of thioether (sulfide) groups is 1. The molecule has 0 aliphatic carbocycles. The predicted octanol–water partition coefficient (Wildman–Crippen LogP) is 1.45. The number of hydrogen-bond acceptors (Lipinski definition) is 5.